The third kappa shape index (κ3) is 5.65. The van der Waals surface area contributed by atoms with E-state index in [9.17, 15) is 4.79 Å². The fraction of sp³-hybridized carbons (Fsp3) is 0.194. The maximum absolute atomic E-state index is 13.3. The second-order valence-electron chi connectivity index (χ2n) is 9.67. The van der Waals surface area contributed by atoms with Crippen molar-refractivity contribution in [3.8, 4) is 11.1 Å². The summed E-state index contributed by atoms with van der Waals surface area (Å²) in [5, 5.41) is 11.7. The first-order valence-electron chi connectivity index (χ1n) is 13.2. The highest BCUT2D eigenvalue weighted by atomic mass is 35.5. The van der Waals surface area contributed by atoms with E-state index in [0.29, 0.717) is 11.3 Å². The molecule has 39 heavy (non-hydrogen) atoms. The van der Waals surface area contributed by atoms with Gasteiger partial charge in [-0.3, -0.25) is 4.79 Å². The van der Waals surface area contributed by atoms with Crippen molar-refractivity contribution >= 4 is 34.5 Å². The summed E-state index contributed by atoms with van der Waals surface area (Å²) < 4.78 is 1.70. The summed E-state index contributed by atoms with van der Waals surface area (Å²) in [6, 6.07) is 26.1. The molecule has 1 aliphatic heterocycles. The van der Waals surface area contributed by atoms with Crippen LogP contribution < -0.4 is 15.5 Å². The lowest BCUT2D eigenvalue weighted by atomic mass is 10.0. The number of benzene rings is 3. The van der Waals surface area contributed by atoms with E-state index in [4.69, 9.17) is 16.6 Å². The van der Waals surface area contributed by atoms with Crippen molar-refractivity contribution in [2.75, 3.05) is 36.4 Å². The molecule has 6 rings (SSSR count). The van der Waals surface area contributed by atoms with Crippen LogP contribution in [0.4, 0.5) is 11.4 Å². The van der Waals surface area contributed by atoms with Gasteiger partial charge in [0.25, 0.3) is 5.91 Å². The molecule has 2 N–H and O–H groups in total. The number of nitrogens with one attached hydrogen (secondary N) is 2. The molecule has 1 amide bonds. The van der Waals surface area contributed by atoms with Crippen molar-refractivity contribution in [2.24, 2.45) is 0 Å². The average molecular weight is 537 g/mol. The van der Waals surface area contributed by atoms with Crippen LogP contribution in [0.5, 0.6) is 0 Å². The van der Waals surface area contributed by atoms with Crippen LogP contribution in [-0.4, -0.2) is 46.7 Å². The van der Waals surface area contributed by atoms with Crippen molar-refractivity contribution in [3.63, 3.8) is 0 Å². The van der Waals surface area contributed by atoms with Gasteiger partial charge in [-0.1, -0.05) is 60.1 Å². The largest absolute Gasteiger partial charge is 0.367 e. The van der Waals surface area contributed by atoms with Gasteiger partial charge in [0.15, 0.2) is 5.65 Å². The molecule has 3 heterocycles. The molecule has 0 spiro atoms. The molecule has 0 unspecified atom stereocenters. The van der Waals surface area contributed by atoms with Crippen molar-refractivity contribution in [1.29, 1.82) is 0 Å². The first kappa shape index (κ1) is 25.1. The number of hydrogen-bond acceptors (Lipinski definition) is 5. The quantitative estimate of drug-likeness (QED) is 0.287. The Morgan fingerprint density at radius 2 is 1.59 bits per heavy atom. The molecular formula is C31H29ClN6O. The molecule has 7 nitrogen and oxygen atoms in total. The van der Waals surface area contributed by atoms with E-state index in [1.807, 2.05) is 36.4 Å². The number of nitrogens with zero attached hydrogens (tertiary/aromatic N) is 4. The second-order valence-corrected chi connectivity index (χ2v) is 10.1. The zero-order valence-electron chi connectivity index (χ0n) is 21.5. The van der Waals surface area contributed by atoms with Crippen LogP contribution in [0.25, 0.3) is 16.8 Å². The highest BCUT2D eigenvalue weighted by Gasteiger charge is 2.18. The van der Waals surface area contributed by atoms with Gasteiger partial charge in [0.1, 0.15) is 5.69 Å². The number of amides is 1. The Bertz CT molecular complexity index is 1590. The monoisotopic (exact) mass is 536 g/mol. The molecule has 1 aliphatic rings. The van der Waals surface area contributed by atoms with Gasteiger partial charge in [0.05, 0.1) is 17.6 Å². The summed E-state index contributed by atoms with van der Waals surface area (Å²) in [5.41, 5.74) is 7.21. The molecule has 0 bridgehead atoms. The lowest BCUT2D eigenvalue weighted by Gasteiger charge is -2.31. The van der Waals surface area contributed by atoms with E-state index < -0.39 is 0 Å². The summed E-state index contributed by atoms with van der Waals surface area (Å²) in [6.07, 6.45) is 5.47. The van der Waals surface area contributed by atoms with Crippen LogP contribution in [0.3, 0.4) is 0 Å². The number of carbonyl (C=O) groups excluding carboxylic acids is 1. The lowest BCUT2D eigenvalue weighted by molar-refractivity contribution is 0.102. The number of carbonyl (C=O) groups is 1. The lowest BCUT2D eigenvalue weighted by Crippen LogP contribution is -2.43. The maximum Gasteiger partial charge on any atom is 0.274 e. The minimum absolute atomic E-state index is 0.246. The first-order valence-corrected chi connectivity index (χ1v) is 13.6. The summed E-state index contributed by atoms with van der Waals surface area (Å²) in [7, 11) is 0. The van der Waals surface area contributed by atoms with Crippen LogP contribution in [0.1, 0.15) is 21.6 Å². The first-order chi connectivity index (χ1) is 19.1. The van der Waals surface area contributed by atoms with Gasteiger partial charge in [0.2, 0.25) is 0 Å². The molecule has 0 saturated carbocycles. The predicted octanol–water partition coefficient (Wildman–Crippen LogP) is 5.50. The molecule has 5 aromatic rings. The predicted molar refractivity (Wildman–Crippen MR) is 157 cm³/mol. The van der Waals surface area contributed by atoms with Gasteiger partial charge in [-0.25, -0.2) is 9.50 Å². The minimum atomic E-state index is -0.246. The summed E-state index contributed by atoms with van der Waals surface area (Å²) in [4.78, 5) is 20.3. The van der Waals surface area contributed by atoms with Crippen molar-refractivity contribution < 1.29 is 4.79 Å². The molecule has 0 atom stereocenters. The number of halogens is 1. The Labute approximate surface area is 232 Å². The van der Waals surface area contributed by atoms with E-state index in [1.54, 1.807) is 23.0 Å². The zero-order chi connectivity index (χ0) is 26.6. The van der Waals surface area contributed by atoms with Gasteiger partial charge in [0, 0.05) is 43.0 Å². The molecule has 3 aromatic carbocycles. The van der Waals surface area contributed by atoms with E-state index >= 15 is 0 Å². The van der Waals surface area contributed by atoms with E-state index in [0.717, 1.165) is 66.5 Å². The second kappa shape index (κ2) is 11.3. The Morgan fingerprint density at radius 1 is 0.897 bits per heavy atom. The number of fused-ring (bicyclic) bond motifs is 1. The zero-order valence-corrected chi connectivity index (χ0v) is 22.2. The van der Waals surface area contributed by atoms with Crippen LogP contribution in [0, 0.1) is 0 Å². The number of anilines is 2. The number of para-hydroxylation sites is 2. The van der Waals surface area contributed by atoms with Gasteiger partial charge >= 0.3 is 0 Å². The Hall–Kier alpha value is -4.20. The Morgan fingerprint density at radius 3 is 2.33 bits per heavy atom. The van der Waals surface area contributed by atoms with E-state index in [1.165, 1.54) is 11.1 Å². The maximum atomic E-state index is 13.3. The molecule has 1 fully saturated rings. The Kier molecular flexibility index (Phi) is 7.25. The van der Waals surface area contributed by atoms with Gasteiger partial charge in [-0.05, 0) is 59.9 Å². The summed E-state index contributed by atoms with van der Waals surface area (Å²) in [5.74, 6) is -0.246. The standard InChI is InChI=1S/C31H29ClN6O/c32-25-13-9-23(10-14-25)6-5-22-7-11-24(12-8-22)26-21-34-38-18-15-28(35-30(26)38)31(39)36-27-3-1-2-4-29(27)37-19-16-33-17-20-37/h1-4,7-15,18,21,33H,5-6,16-17,19-20H2,(H,36,39). The third-order valence-corrected chi connectivity index (χ3v) is 7.34. The third-order valence-electron chi connectivity index (χ3n) is 7.09. The highest BCUT2D eigenvalue weighted by Crippen LogP contribution is 2.27. The molecule has 1 saturated heterocycles. The SMILES string of the molecule is O=C(Nc1ccccc1N1CCNCC1)c1ccn2ncc(-c3ccc(CCc4ccc(Cl)cc4)cc3)c2n1. The van der Waals surface area contributed by atoms with Crippen molar-refractivity contribution in [2.45, 2.75) is 12.8 Å². The normalized spacial score (nSPS) is 13.5. The van der Waals surface area contributed by atoms with Gasteiger partial charge < -0.3 is 15.5 Å². The fourth-order valence-electron chi connectivity index (χ4n) is 4.94. The molecular weight excluding hydrogens is 508 g/mol. The number of hydrogen-bond donors (Lipinski definition) is 2. The molecule has 2 aromatic heterocycles. The van der Waals surface area contributed by atoms with Crippen LogP contribution in [0.15, 0.2) is 91.3 Å². The van der Waals surface area contributed by atoms with E-state index in [-0.39, 0.29) is 5.91 Å². The van der Waals surface area contributed by atoms with Gasteiger partial charge in [-0.2, -0.15) is 5.10 Å². The molecule has 196 valence electrons. The molecule has 0 aliphatic carbocycles. The van der Waals surface area contributed by atoms with E-state index in [2.05, 4.69) is 57.0 Å². The van der Waals surface area contributed by atoms with Gasteiger partial charge in [-0.15, -0.1) is 0 Å². The minimum Gasteiger partial charge on any atom is -0.367 e. The van der Waals surface area contributed by atoms with Crippen molar-refractivity contribution in [1.82, 2.24) is 19.9 Å². The number of aryl methyl sites for hydroxylation is 2. The number of aromatic nitrogens is 3. The number of rotatable bonds is 7. The number of piperazine rings is 1. The van der Waals surface area contributed by atoms with Crippen LogP contribution in [-0.2, 0) is 12.8 Å². The Balaban J connectivity index is 1.19. The summed E-state index contributed by atoms with van der Waals surface area (Å²) in [6.45, 7) is 3.65. The fourth-order valence-corrected chi connectivity index (χ4v) is 5.06. The van der Waals surface area contributed by atoms with Crippen molar-refractivity contribution in [3.05, 3.63) is 113 Å². The average Bonchev–Trinajstić information content (AvgIpc) is 3.41. The summed E-state index contributed by atoms with van der Waals surface area (Å²) >= 11 is 6.00. The molecule has 8 heteroatoms. The smallest absolute Gasteiger partial charge is 0.274 e. The topological polar surface area (TPSA) is 74.6 Å². The molecule has 0 radical (unpaired) electrons. The highest BCUT2D eigenvalue weighted by molar-refractivity contribution is 6.30. The van der Waals surface area contributed by atoms with Crippen LogP contribution in [0.2, 0.25) is 5.02 Å². The van der Waals surface area contributed by atoms with Crippen LogP contribution >= 0.6 is 11.6 Å².